The van der Waals surface area contributed by atoms with Gasteiger partial charge in [-0.15, -0.1) is 12.4 Å². The normalized spacial score (nSPS) is 10.7. The molecule has 2 aromatic carbocycles. The van der Waals surface area contributed by atoms with E-state index >= 15 is 0 Å². The number of nitrogens with zero attached hydrogens (tertiary/aromatic N) is 2. The lowest BCUT2D eigenvalue weighted by Crippen LogP contribution is -2.05. The first kappa shape index (κ1) is 21.7. The van der Waals surface area contributed by atoms with Crippen LogP contribution in [0, 0.1) is 19.7 Å². The van der Waals surface area contributed by atoms with Crippen LogP contribution in [0.3, 0.4) is 0 Å². The first-order chi connectivity index (χ1) is 14.1. The summed E-state index contributed by atoms with van der Waals surface area (Å²) in [6, 6.07) is 16.4. The molecule has 156 valence electrons. The summed E-state index contributed by atoms with van der Waals surface area (Å²) in [7, 11) is 1.67. The van der Waals surface area contributed by atoms with E-state index in [1.165, 1.54) is 29.0 Å². The first-order valence-electron chi connectivity index (χ1n) is 9.51. The number of aromatic nitrogens is 2. The predicted molar refractivity (Wildman–Crippen MR) is 119 cm³/mol. The minimum atomic E-state index is -0.256. The number of ether oxygens (including phenoxy) is 2. The van der Waals surface area contributed by atoms with Crippen molar-refractivity contribution in [2.45, 2.75) is 27.0 Å². The lowest BCUT2D eigenvalue weighted by molar-refractivity contribution is 0.296. The minimum absolute atomic E-state index is 0. The maximum atomic E-state index is 13.1. The third-order valence-electron chi connectivity index (χ3n) is 5.30. The molecule has 6 heteroatoms. The van der Waals surface area contributed by atoms with Gasteiger partial charge in [-0.3, -0.25) is 0 Å². The molecule has 0 N–H and O–H groups in total. The van der Waals surface area contributed by atoms with Gasteiger partial charge in [0.2, 0.25) is 5.88 Å². The number of aryl methyl sites for hydroxylation is 1. The van der Waals surface area contributed by atoms with Crippen LogP contribution in [0.25, 0.3) is 10.9 Å². The molecule has 0 saturated carbocycles. The molecule has 4 aromatic rings. The largest absolute Gasteiger partial charge is 0.497 e. The summed E-state index contributed by atoms with van der Waals surface area (Å²) in [5, 5.41) is 1.13. The Balaban J connectivity index is 0.00000256. The number of rotatable bonds is 6. The van der Waals surface area contributed by atoms with Crippen molar-refractivity contribution in [2.24, 2.45) is 0 Å². The second-order valence-electron chi connectivity index (χ2n) is 7.07. The van der Waals surface area contributed by atoms with Crippen molar-refractivity contribution >= 4 is 23.3 Å². The van der Waals surface area contributed by atoms with Crippen molar-refractivity contribution in [3.05, 3.63) is 89.0 Å². The van der Waals surface area contributed by atoms with Gasteiger partial charge in [0.25, 0.3) is 0 Å². The fourth-order valence-corrected chi connectivity index (χ4v) is 3.51. The van der Waals surface area contributed by atoms with Crippen LogP contribution in [0.15, 0.2) is 60.8 Å². The van der Waals surface area contributed by atoms with Crippen molar-refractivity contribution in [1.82, 2.24) is 9.55 Å². The van der Waals surface area contributed by atoms with Crippen molar-refractivity contribution < 1.29 is 13.9 Å². The van der Waals surface area contributed by atoms with E-state index in [1.54, 1.807) is 25.4 Å². The fraction of sp³-hybridized carbons (Fsp3) is 0.208. The van der Waals surface area contributed by atoms with E-state index in [4.69, 9.17) is 9.47 Å². The molecule has 0 radical (unpaired) electrons. The van der Waals surface area contributed by atoms with Crippen LogP contribution in [0.4, 0.5) is 4.39 Å². The van der Waals surface area contributed by atoms with Crippen LogP contribution in [0.1, 0.15) is 22.4 Å². The molecular weight excluding hydrogens is 403 g/mol. The Morgan fingerprint density at radius 2 is 1.60 bits per heavy atom. The number of pyridine rings is 1. The Morgan fingerprint density at radius 1 is 0.933 bits per heavy atom. The third kappa shape index (κ3) is 4.26. The van der Waals surface area contributed by atoms with Crippen LogP contribution in [0.2, 0.25) is 0 Å². The highest BCUT2D eigenvalue weighted by Gasteiger charge is 2.16. The molecule has 2 heterocycles. The summed E-state index contributed by atoms with van der Waals surface area (Å²) in [6.07, 6.45) is 1.77. The Labute approximate surface area is 181 Å². The summed E-state index contributed by atoms with van der Waals surface area (Å²) >= 11 is 0. The van der Waals surface area contributed by atoms with Crippen LogP contribution in [-0.4, -0.2) is 16.7 Å². The molecule has 0 aliphatic rings. The summed E-state index contributed by atoms with van der Waals surface area (Å²) in [5.74, 6) is 1.16. The van der Waals surface area contributed by atoms with E-state index < -0.39 is 0 Å². The van der Waals surface area contributed by atoms with Crippen LogP contribution in [0.5, 0.6) is 11.6 Å². The molecule has 4 rings (SSSR count). The van der Waals surface area contributed by atoms with Gasteiger partial charge in [-0.2, -0.15) is 0 Å². The maximum Gasteiger partial charge on any atom is 0.238 e. The molecule has 0 atom stereocenters. The van der Waals surface area contributed by atoms with E-state index in [-0.39, 0.29) is 18.2 Å². The fourth-order valence-electron chi connectivity index (χ4n) is 3.51. The van der Waals surface area contributed by atoms with Crippen LogP contribution < -0.4 is 9.47 Å². The molecule has 4 nitrogen and oxygen atoms in total. The zero-order chi connectivity index (χ0) is 20.4. The van der Waals surface area contributed by atoms with Crippen LogP contribution >= 0.6 is 12.4 Å². The lowest BCUT2D eigenvalue weighted by Gasteiger charge is -2.12. The van der Waals surface area contributed by atoms with Crippen molar-refractivity contribution in [3.63, 3.8) is 0 Å². The van der Waals surface area contributed by atoms with Gasteiger partial charge in [0.1, 0.15) is 23.7 Å². The monoisotopic (exact) mass is 426 g/mol. The average molecular weight is 427 g/mol. The molecule has 0 saturated heterocycles. The zero-order valence-electron chi connectivity index (χ0n) is 17.2. The lowest BCUT2D eigenvalue weighted by atomic mass is 10.2. The highest BCUT2D eigenvalue weighted by Crippen LogP contribution is 2.32. The topological polar surface area (TPSA) is 36.3 Å². The molecule has 0 aliphatic heterocycles. The second kappa shape index (κ2) is 9.18. The number of hydrogen-bond acceptors (Lipinski definition) is 3. The SMILES string of the molecule is COc1ccc(Cn2c(C)c(C)c3ccnc(OCc4ccc(F)cc4)c32)cc1.Cl. The third-order valence-corrected chi connectivity index (χ3v) is 5.30. The number of fused-ring (bicyclic) bond motifs is 1. The summed E-state index contributed by atoms with van der Waals surface area (Å²) in [4.78, 5) is 4.49. The van der Waals surface area contributed by atoms with Gasteiger partial charge >= 0.3 is 0 Å². The molecule has 0 bridgehead atoms. The van der Waals surface area contributed by atoms with Crippen molar-refractivity contribution in [2.75, 3.05) is 7.11 Å². The average Bonchev–Trinajstić information content (AvgIpc) is 2.99. The Kier molecular flexibility index (Phi) is 6.63. The number of benzene rings is 2. The Hall–Kier alpha value is -3.05. The zero-order valence-corrected chi connectivity index (χ0v) is 18.0. The van der Waals surface area contributed by atoms with Crippen LogP contribution in [-0.2, 0) is 13.2 Å². The van der Waals surface area contributed by atoms with Gasteiger partial charge in [-0.05, 0) is 60.9 Å². The molecule has 0 amide bonds. The predicted octanol–water partition coefficient (Wildman–Crippen LogP) is 5.85. The number of halogens is 2. The van der Waals surface area contributed by atoms with Gasteiger partial charge in [-0.25, -0.2) is 9.37 Å². The highest BCUT2D eigenvalue weighted by atomic mass is 35.5. The van der Waals surface area contributed by atoms with Crippen molar-refractivity contribution in [1.29, 1.82) is 0 Å². The Morgan fingerprint density at radius 3 is 2.27 bits per heavy atom. The second-order valence-corrected chi connectivity index (χ2v) is 7.07. The highest BCUT2D eigenvalue weighted by molar-refractivity contribution is 5.89. The summed E-state index contributed by atoms with van der Waals surface area (Å²) in [6.45, 7) is 5.27. The van der Waals surface area contributed by atoms with E-state index in [0.717, 1.165) is 22.2 Å². The summed E-state index contributed by atoms with van der Waals surface area (Å²) in [5.41, 5.74) is 5.42. The number of methoxy groups -OCH3 is 1. The van der Waals surface area contributed by atoms with E-state index in [1.807, 2.05) is 18.2 Å². The molecule has 0 fully saturated rings. The molecule has 0 unspecified atom stereocenters. The van der Waals surface area contributed by atoms with E-state index in [9.17, 15) is 4.39 Å². The molecule has 0 aliphatic carbocycles. The molecule has 0 spiro atoms. The number of hydrogen-bond donors (Lipinski definition) is 0. The van der Waals surface area contributed by atoms with Gasteiger partial charge in [-0.1, -0.05) is 24.3 Å². The van der Waals surface area contributed by atoms with Gasteiger partial charge in [0, 0.05) is 23.8 Å². The van der Waals surface area contributed by atoms with Gasteiger partial charge in [0.15, 0.2) is 0 Å². The Bertz CT molecular complexity index is 1140. The van der Waals surface area contributed by atoms with E-state index in [0.29, 0.717) is 19.0 Å². The van der Waals surface area contributed by atoms with Gasteiger partial charge in [0.05, 0.1) is 7.11 Å². The smallest absolute Gasteiger partial charge is 0.238 e. The van der Waals surface area contributed by atoms with Gasteiger partial charge < -0.3 is 14.0 Å². The quantitative estimate of drug-likeness (QED) is 0.388. The minimum Gasteiger partial charge on any atom is -0.497 e. The first-order valence-corrected chi connectivity index (χ1v) is 9.51. The van der Waals surface area contributed by atoms with E-state index in [2.05, 4.69) is 35.5 Å². The molecule has 30 heavy (non-hydrogen) atoms. The summed E-state index contributed by atoms with van der Waals surface area (Å²) < 4.78 is 26.7. The molecule has 2 aromatic heterocycles. The van der Waals surface area contributed by atoms with Crippen molar-refractivity contribution in [3.8, 4) is 11.6 Å². The molecular formula is C24H24ClFN2O2. The maximum absolute atomic E-state index is 13.1. The standard InChI is InChI=1S/C24H23FN2O2.ClH/c1-16-17(2)27(14-18-6-10-21(28-3)11-7-18)23-22(16)12-13-26-24(23)29-15-19-4-8-20(25)9-5-19;/h4-13H,14-15H2,1-3H3;1H.